The van der Waals surface area contributed by atoms with Crippen molar-refractivity contribution in [1.82, 2.24) is 10.2 Å². The number of amides is 1. The van der Waals surface area contributed by atoms with Crippen LogP contribution in [-0.4, -0.2) is 53.9 Å². The first-order chi connectivity index (χ1) is 8.30. The van der Waals surface area contributed by atoms with Gasteiger partial charge in [-0.3, -0.25) is 4.79 Å². The Bertz CT molecular complexity index is 287. The van der Waals surface area contributed by atoms with Crippen LogP contribution in [0.25, 0.3) is 0 Å². The van der Waals surface area contributed by atoms with Crippen LogP contribution in [0.3, 0.4) is 0 Å². The lowest BCUT2D eigenvalue weighted by Gasteiger charge is -2.39. The molecule has 7 heteroatoms. The Morgan fingerprint density at radius 3 is 2.39 bits per heavy atom. The van der Waals surface area contributed by atoms with E-state index in [-0.39, 0.29) is 25.4 Å². The lowest BCUT2D eigenvalue weighted by molar-refractivity contribution is -0.272. The van der Waals surface area contributed by atoms with Crippen molar-refractivity contribution in [2.45, 2.75) is 38.0 Å². The molecule has 0 saturated carbocycles. The summed E-state index contributed by atoms with van der Waals surface area (Å²) in [7, 11) is 0. The molecule has 0 aromatic carbocycles. The molecule has 1 saturated heterocycles. The van der Waals surface area contributed by atoms with Crippen LogP contribution in [0.1, 0.15) is 26.2 Å². The molecule has 1 amide bonds. The maximum absolute atomic E-state index is 12.5. The molecule has 0 unspecified atom stereocenters. The average Bonchev–Trinajstić information content (AvgIpc) is 2.28. The summed E-state index contributed by atoms with van der Waals surface area (Å²) in [6, 6.07) is 0. The topological polar surface area (TPSA) is 52.6 Å². The maximum Gasteiger partial charge on any atom is 0.417 e. The van der Waals surface area contributed by atoms with E-state index in [4.69, 9.17) is 0 Å². The highest BCUT2D eigenvalue weighted by molar-refractivity contribution is 5.76. The molecule has 0 atom stereocenters. The Morgan fingerprint density at radius 1 is 1.39 bits per heavy atom. The number of halogens is 3. The molecule has 0 aliphatic carbocycles. The monoisotopic (exact) mass is 268 g/mol. The van der Waals surface area contributed by atoms with Gasteiger partial charge in [0, 0.05) is 38.9 Å². The van der Waals surface area contributed by atoms with E-state index in [9.17, 15) is 23.1 Å². The summed E-state index contributed by atoms with van der Waals surface area (Å²) in [5, 5.41) is 12.4. The molecule has 1 aliphatic heterocycles. The van der Waals surface area contributed by atoms with Gasteiger partial charge in [-0.15, -0.1) is 0 Å². The zero-order valence-corrected chi connectivity index (χ0v) is 10.4. The van der Waals surface area contributed by atoms with E-state index in [1.807, 2.05) is 6.92 Å². The molecule has 18 heavy (non-hydrogen) atoms. The predicted molar refractivity (Wildman–Crippen MR) is 60.0 cm³/mol. The summed E-state index contributed by atoms with van der Waals surface area (Å²) in [4.78, 5) is 13.0. The van der Waals surface area contributed by atoms with Gasteiger partial charge in [-0.25, -0.2) is 0 Å². The second-order valence-electron chi connectivity index (χ2n) is 4.51. The third-order valence-electron chi connectivity index (χ3n) is 3.24. The average molecular weight is 268 g/mol. The highest BCUT2D eigenvalue weighted by Gasteiger charge is 2.54. The van der Waals surface area contributed by atoms with E-state index in [0.29, 0.717) is 6.54 Å². The number of nitrogens with zero attached hydrogens (tertiary/aromatic N) is 1. The first-order valence-corrected chi connectivity index (χ1v) is 6.08. The van der Waals surface area contributed by atoms with Crippen LogP contribution < -0.4 is 5.32 Å². The van der Waals surface area contributed by atoms with Crippen molar-refractivity contribution in [3.05, 3.63) is 0 Å². The van der Waals surface area contributed by atoms with Gasteiger partial charge in [-0.05, 0) is 6.54 Å². The van der Waals surface area contributed by atoms with Crippen LogP contribution in [0.15, 0.2) is 0 Å². The minimum Gasteiger partial charge on any atom is -0.380 e. The van der Waals surface area contributed by atoms with Gasteiger partial charge >= 0.3 is 6.18 Å². The number of hydrogen-bond donors (Lipinski definition) is 2. The fourth-order valence-electron chi connectivity index (χ4n) is 1.94. The van der Waals surface area contributed by atoms with Gasteiger partial charge in [0.2, 0.25) is 5.91 Å². The molecule has 0 spiro atoms. The van der Waals surface area contributed by atoms with E-state index in [1.165, 1.54) is 4.90 Å². The van der Waals surface area contributed by atoms with Crippen molar-refractivity contribution in [2.75, 3.05) is 26.2 Å². The minimum absolute atomic E-state index is 0.0407. The molecule has 0 aromatic heterocycles. The van der Waals surface area contributed by atoms with Gasteiger partial charge in [-0.2, -0.15) is 13.2 Å². The fourth-order valence-corrected chi connectivity index (χ4v) is 1.94. The van der Waals surface area contributed by atoms with Crippen molar-refractivity contribution < 1.29 is 23.1 Å². The van der Waals surface area contributed by atoms with Crippen LogP contribution in [0.5, 0.6) is 0 Å². The van der Waals surface area contributed by atoms with Gasteiger partial charge < -0.3 is 15.3 Å². The second-order valence-corrected chi connectivity index (χ2v) is 4.51. The van der Waals surface area contributed by atoms with E-state index in [0.717, 1.165) is 6.54 Å². The summed E-state index contributed by atoms with van der Waals surface area (Å²) in [5.74, 6) is -0.167. The molecule has 4 nitrogen and oxygen atoms in total. The molecule has 1 aliphatic rings. The molecule has 0 aromatic rings. The first kappa shape index (κ1) is 15.2. The third kappa shape index (κ3) is 3.58. The summed E-state index contributed by atoms with van der Waals surface area (Å²) >= 11 is 0. The van der Waals surface area contributed by atoms with Crippen molar-refractivity contribution >= 4 is 5.91 Å². The smallest absolute Gasteiger partial charge is 0.380 e. The molecular weight excluding hydrogens is 249 g/mol. The summed E-state index contributed by atoms with van der Waals surface area (Å²) in [6.07, 6.45) is -5.23. The fraction of sp³-hybridized carbons (Fsp3) is 0.909. The quantitative estimate of drug-likeness (QED) is 0.745. The van der Waals surface area contributed by atoms with Gasteiger partial charge in [0.25, 0.3) is 0 Å². The second kappa shape index (κ2) is 5.88. The Balaban J connectivity index is 2.42. The van der Waals surface area contributed by atoms with Gasteiger partial charge in [0.15, 0.2) is 5.60 Å². The molecular formula is C11H19F3N2O2. The van der Waals surface area contributed by atoms with E-state index in [2.05, 4.69) is 5.32 Å². The standard InChI is InChI=1S/C11H19F3N2O2/c1-2-15-6-3-9(17)16-7-4-10(18,5-8-16)11(12,13)14/h15,18H,2-8H2,1H3. The largest absolute Gasteiger partial charge is 0.417 e. The number of carbonyl (C=O) groups excluding carboxylic acids is 1. The highest BCUT2D eigenvalue weighted by Crippen LogP contribution is 2.38. The van der Waals surface area contributed by atoms with Crippen molar-refractivity contribution in [3.63, 3.8) is 0 Å². The number of piperidine rings is 1. The number of likely N-dealkylation sites (tertiary alicyclic amines) is 1. The lowest BCUT2D eigenvalue weighted by atomic mass is 9.90. The number of aliphatic hydroxyl groups is 1. The number of alkyl halides is 3. The van der Waals surface area contributed by atoms with E-state index in [1.54, 1.807) is 0 Å². The summed E-state index contributed by atoms with van der Waals surface area (Å²) in [5.41, 5.74) is -2.63. The van der Waals surface area contributed by atoms with Crippen molar-refractivity contribution in [2.24, 2.45) is 0 Å². The first-order valence-electron chi connectivity index (χ1n) is 6.08. The maximum atomic E-state index is 12.5. The third-order valence-corrected chi connectivity index (χ3v) is 3.24. The van der Waals surface area contributed by atoms with Gasteiger partial charge in [0.1, 0.15) is 0 Å². The van der Waals surface area contributed by atoms with Crippen molar-refractivity contribution in [3.8, 4) is 0 Å². The van der Waals surface area contributed by atoms with E-state index >= 15 is 0 Å². The van der Waals surface area contributed by atoms with E-state index < -0.39 is 24.6 Å². The number of hydrogen-bond acceptors (Lipinski definition) is 3. The molecule has 1 heterocycles. The molecule has 2 N–H and O–H groups in total. The summed E-state index contributed by atoms with van der Waals surface area (Å²) in [6.45, 7) is 3.10. The zero-order chi connectivity index (χ0) is 13.8. The molecule has 1 fully saturated rings. The Morgan fingerprint density at radius 2 is 1.94 bits per heavy atom. The van der Waals surface area contributed by atoms with Crippen LogP contribution in [0.4, 0.5) is 13.2 Å². The van der Waals surface area contributed by atoms with Crippen LogP contribution in [0.2, 0.25) is 0 Å². The molecule has 0 radical (unpaired) electrons. The number of carbonyl (C=O) groups is 1. The Hall–Kier alpha value is -0.820. The van der Waals surface area contributed by atoms with Crippen LogP contribution in [0, 0.1) is 0 Å². The zero-order valence-electron chi connectivity index (χ0n) is 10.4. The molecule has 1 rings (SSSR count). The van der Waals surface area contributed by atoms with Crippen LogP contribution in [-0.2, 0) is 4.79 Å². The Labute approximate surface area is 104 Å². The van der Waals surface area contributed by atoms with Gasteiger partial charge in [0.05, 0.1) is 0 Å². The highest BCUT2D eigenvalue weighted by atomic mass is 19.4. The van der Waals surface area contributed by atoms with Gasteiger partial charge in [-0.1, -0.05) is 6.92 Å². The summed E-state index contributed by atoms with van der Waals surface area (Å²) < 4.78 is 37.6. The lowest BCUT2D eigenvalue weighted by Crippen LogP contribution is -2.54. The number of nitrogens with one attached hydrogen (secondary N) is 1. The normalized spacial score (nSPS) is 19.9. The minimum atomic E-state index is -4.62. The van der Waals surface area contributed by atoms with Crippen LogP contribution >= 0.6 is 0 Å². The Kier molecular flexibility index (Phi) is 4.98. The molecule has 106 valence electrons. The SMILES string of the molecule is CCNCCC(=O)N1CCC(O)(C(F)(F)F)CC1. The number of rotatable bonds is 4. The van der Waals surface area contributed by atoms with Crippen molar-refractivity contribution in [1.29, 1.82) is 0 Å². The predicted octanol–water partition coefficient (Wildman–Crippen LogP) is 0.902. The molecule has 0 bridgehead atoms.